The second-order valence-corrected chi connectivity index (χ2v) is 6.26. The van der Waals surface area contributed by atoms with Gasteiger partial charge in [0.05, 0.1) is 31.0 Å². The topological polar surface area (TPSA) is 74.6 Å². The number of rotatable bonds is 2. The molecule has 1 rings (SSSR count). The average molecular weight is 334 g/mol. The zero-order valence-corrected chi connectivity index (χ0v) is 12.2. The molecule has 0 radical (unpaired) electrons. The zero-order valence-electron chi connectivity index (χ0n) is 9.22. The number of halogens is 4. The summed E-state index contributed by atoms with van der Waals surface area (Å²) in [5, 5.41) is 17.4. The van der Waals surface area contributed by atoms with Gasteiger partial charge in [0.25, 0.3) is 0 Å². The van der Waals surface area contributed by atoms with Crippen LogP contribution in [0.2, 0.25) is 0 Å². The molecule has 2 N–H and O–H groups in total. The van der Waals surface area contributed by atoms with E-state index in [1.54, 1.807) is 0 Å². The van der Waals surface area contributed by atoms with Crippen LogP contribution < -0.4 is 0 Å². The number of carboxylic acids is 2. The molecule has 0 bridgehead atoms. The molecule has 0 saturated carbocycles. The van der Waals surface area contributed by atoms with E-state index in [4.69, 9.17) is 56.6 Å². The van der Waals surface area contributed by atoms with E-state index in [0.29, 0.717) is 0 Å². The first-order valence-electron chi connectivity index (χ1n) is 4.61. The largest absolute Gasteiger partial charge is 0.478 e. The van der Waals surface area contributed by atoms with Crippen LogP contribution in [-0.4, -0.2) is 31.9 Å². The highest BCUT2D eigenvalue weighted by molar-refractivity contribution is 6.51. The Hall–Kier alpha value is -0.420. The second kappa shape index (κ2) is 4.60. The summed E-state index contributed by atoms with van der Waals surface area (Å²) in [6.45, 7) is 2.55. The number of carboxylic acid groups (broad SMARTS) is 2. The van der Waals surface area contributed by atoms with Crippen LogP contribution >= 0.6 is 46.4 Å². The Morgan fingerprint density at radius 3 is 1.28 bits per heavy atom. The van der Waals surface area contributed by atoms with Gasteiger partial charge in [-0.1, -0.05) is 23.2 Å². The van der Waals surface area contributed by atoms with Gasteiger partial charge in [0.2, 0.25) is 0 Å². The fourth-order valence-electron chi connectivity index (χ4n) is 1.69. The molecule has 0 saturated heterocycles. The van der Waals surface area contributed by atoms with Gasteiger partial charge < -0.3 is 10.2 Å². The molecule has 1 aliphatic rings. The Morgan fingerprint density at radius 1 is 0.889 bits per heavy atom. The molecule has 1 aliphatic carbocycles. The minimum atomic E-state index is -1.72. The summed E-state index contributed by atoms with van der Waals surface area (Å²) in [7, 11) is 0. The van der Waals surface area contributed by atoms with E-state index in [2.05, 4.69) is 0 Å². The predicted molar refractivity (Wildman–Crippen MR) is 69.5 cm³/mol. The van der Waals surface area contributed by atoms with Crippen molar-refractivity contribution in [3.8, 4) is 0 Å². The molecule has 0 aromatic carbocycles. The van der Waals surface area contributed by atoms with E-state index in [0.717, 1.165) is 0 Å². The molecule has 0 aliphatic heterocycles. The third-order valence-electron chi connectivity index (χ3n) is 2.88. The SMILES string of the molecule is CC1(Cl)C(C(=O)O)=C(Cl)C(Cl)=C(C(=O)O)C1(C)Cl. The quantitative estimate of drug-likeness (QED) is 0.761. The number of hydrogen-bond acceptors (Lipinski definition) is 2. The second-order valence-electron chi connectivity index (χ2n) is 3.99. The van der Waals surface area contributed by atoms with Crippen LogP contribution in [0.4, 0.5) is 0 Å². The van der Waals surface area contributed by atoms with Crippen molar-refractivity contribution in [3.63, 3.8) is 0 Å². The lowest BCUT2D eigenvalue weighted by Gasteiger charge is -2.41. The lowest BCUT2D eigenvalue weighted by Crippen LogP contribution is -2.50. The van der Waals surface area contributed by atoms with Crippen LogP contribution in [0.25, 0.3) is 0 Å². The summed E-state index contributed by atoms with van der Waals surface area (Å²) in [6.07, 6.45) is 0. The summed E-state index contributed by atoms with van der Waals surface area (Å²) in [6, 6.07) is 0. The van der Waals surface area contributed by atoms with Crippen molar-refractivity contribution in [3.05, 3.63) is 21.2 Å². The first kappa shape index (κ1) is 15.6. The maximum absolute atomic E-state index is 11.2. The van der Waals surface area contributed by atoms with Crippen molar-refractivity contribution < 1.29 is 19.8 Å². The molecule has 0 spiro atoms. The van der Waals surface area contributed by atoms with E-state index in [9.17, 15) is 9.59 Å². The van der Waals surface area contributed by atoms with E-state index < -0.39 is 42.9 Å². The number of carbonyl (C=O) groups is 2. The molecule has 18 heavy (non-hydrogen) atoms. The Balaban J connectivity index is 3.77. The van der Waals surface area contributed by atoms with Gasteiger partial charge in [-0.15, -0.1) is 23.2 Å². The summed E-state index contributed by atoms with van der Waals surface area (Å²) in [5.74, 6) is -2.82. The van der Waals surface area contributed by atoms with Gasteiger partial charge in [-0.25, -0.2) is 9.59 Å². The molecular weight excluding hydrogens is 326 g/mol. The minimum Gasteiger partial charge on any atom is -0.478 e. The molecule has 8 heteroatoms. The average Bonchev–Trinajstić information content (AvgIpc) is 2.13. The molecule has 0 aromatic rings. The van der Waals surface area contributed by atoms with Crippen LogP contribution in [0.15, 0.2) is 21.2 Å². The van der Waals surface area contributed by atoms with Gasteiger partial charge in [0, 0.05) is 0 Å². The molecule has 4 nitrogen and oxygen atoms in total. The van der Waals surface area contributed by atoms with Crippen LogP contribution in [0.5, 0.6) is 0 Å². The Morgan fingerprint density at radius 2 is 1.11 bits per heavy atom. The highest BCUT2D eigenvalue weighted by Gasteiger charge is 2.56. The zero-order chi connectivity index (χ0) is 14.5. The van der Waals surface area contributed by atoms with E-state index >= 15 is 0 Å². The maximum atomic E-state index is 11.2. The highest BCUT2D eigenvalue weighted by atomic mass is 35.5. The molecule has 0 fully saturated rings. The lowest BCUT2D eigenvalue weighted by molar-refractivity contribution is -0.135. The molecule has 2 unspecified atom stereocenters. The first-order chi connectivity index (χ1) is 7.96. The van der Waals surface area contributed by atoms with E-state index in [-0.39, 0.29) is 0 Å². The van der Waals surface area contributed by atoms with Gasteiger partial charge in [-0.3, -0.25) is 0 Å². The molecular formula is C10H8Cl4O4. The van der Waals surface area contributed by atoms with Crippen molar-refractivity contribution in [2.45, 2.75) is 23.6 Å². The molecule has 0 aromatic heterocycles. The lowest BCUT2D eigenvalue weighted by atomic mass is 9.77. The highest BCUT2D eigenvalue weighted by Crippen LogP contribution is 2.53. The summed E-state index contributed by atoms with van der Waals surface area (Å²) in [4.78, 5) is 18.9. The summed E-state index contributed by atoms with van der Waals surface area (Å²) < 4.78 is 0. The fraction of sp³-hybridized carbons (Fsp3) is 0.400. The smallest absolute Gasteiger partial charge is 0.335 e. The standard InChI is InChI=1S/C10H8Cl4O4/c1-9(13)3(7(15)16)5(11)6(12)4(8(17)18)10(9,2)14/h1-2H3,(H,15,16)(H,17,18). The van der Waals surface area contributed by atoms with Crippen molar-refractivity contribution in [1.82, 2.24) is 0 Å². The Labute approximate surface area is 123 Å². The fourth-order valence-corrected chi connectivity index (χ4v) is 3.06. The van der Waals surface area contributed by atoms with E-state index in [1.807, 2.05) is 0 Å². The van der Waals surface area contributed by atoms with Crippen LogP contribution in [0, 0.1) is 0 Å². The third kappa shape index (κ3) is 2.01. The van der Waals surface area contributed by atoms with Crippen molar-refractivity contribution in [1.29, 1.82) is 0 Å². The van der Waals surface area contributed by atoms with E-state index in [1.165, 1.54) is 13.8 Å². The normalized spacial score (nSPS) is 32.8. The van der Waals surface area contributed by atoms with Crippen molar-refractivity contribution >= 4 is 58.3 Å². The molecule has 0 heterocycles. The van der Waals surface area contributed by atoms with Gasteiger partial charge in [-0.05, 0) is 13.8 Å². The molecule has 2 atom stereocenters. The first-order valence-corrected chi connectivity index (χ1v) is 6.12. The third-order valence-corrected chi connectivity index (χ3v) is 4.96. The van der Waals surface area contributed by atoms with Crippen LogP contribution in [-0.2, 0) is 9.59 Å². The Bertz CT molecular complexity index is 456. The van der Waals surface area contributed by atoms with Crippen LogP contribution in [0.3, 0.4) is 0 Å². The van der Waals surface area contributed by atoms with Gasteiger partial charge in [0.1, 0.15) is 0 Å². The van der Waals surface area contributed by atoms with Crippen molar-refractivity contribution in [2.24, 2.45) is 0 Å². The van der Waals surface area contributed by atoms with Gasteiger partial charge >= 0.3 is 11.9 Å². The number of aliphatic carboxylic acids is 2. The summed E-state index contributed by atoms with van der Waals surface area (Å²) >= 11 is 23.8. The van der Waals surface area contributed by atoms with Crippen molar-refractivity contribution in [2.75, 3.05) is 0 Å². The predicted octanol–water partition coefficient (Wildman–Crippen LogP) is 3.15. The van der Waals surface area contributed by atoms with Gasteiger partial charge in [0.15, 0.2) is 0 Å². The number of hydrogen-bond donors (Lipinski definition) is 2. The monoisotopic (exact) mass is 332 g/mol. The number of alkyl halides is 2. The maximum Gasteiger partial charge on any atom is 0.335 e. The van der Waals surface area contributed by atoms with Gasteiger partial charge in [-0.2, -0.15) is 0 Å². The number of allylic oxidation sites excluding steroid dienone is 2. The summed E-state index contributed by atoms with van der Waals surface area (Å²) in [5.41, 5.74) is -0.864. The van der Waals surface area contributed by atoms with Crippen LogP contribution in [0.1, 0.15) is 13.8 Å². The molecule has 0 amide bonds. The molecule has 100 valence electrons. The Kier molecular flexibility index (Phi) is 4.00. The minimum absolute atomic E-state index is 0.419.